The van der Waals surface area contributed by atoms with Crippen LogP contribution in [-0.2, 0) is 9.47 Å². The van der Waals surface area contributed by atoms with Crippen LogP contribution >= 0.6 is 0 Å². The zero-order chi connectivity index (χ0) is 34.4. The van der Waals surface area contributed by atoms with Crippen molar-refractivity contribution in [2.75, 3.05) is 82.0 Å². The lowest BCUT2D eigenvalue weighted by atomic mass is 10.0. The molecule has 12 nitrogen and oxygen atoms in total. The number of imidazole rings is 1. The predicted molar refractivity (Wildman–Crippen MR) is 187 cm³/mol. The molecule has 0 aliphatic carbocycles. The number of ether oxygens (including phenoxy) is 2. The van der Waals surface area contributed by atoms with Gasteiger partial charge in [-0.2, -0.15) is 0 Å². The average molecular weight is 675 g/mol. The first-order valence-electron chi connectivity index (χ1n) is 17.1. The number of aromatic nitrogens is 4. The average Bonchev–Trinajstić information content (AvgIpc) is 3.75. The first kappa shape index (κ1) is 34.5. The molecular formula is C36H47FN8O4. The highest BCUT2D eigenvalue weighted by Crippen LogP contribution is 2.36. The van der Waals surface area contributed by atoms with Gasteiger partial charge in [-0.3, -0.25) is 4.90 Å². The summed E-state index contributed by atoms with van der Waals surface area (Å²) in [4.78, 5) is 29.4. The zero-order valence-corrected chi connectivity index (χ0v) is 28.7. The third kappa shape index (κ3) is 8.46. The van der Waals surface area contributed by atoms with E-state index in [1.165, 1.54) is 11.0 Å². The van der Waals surface area contributed by atoms with E-state index < -0.39 is 11.6 Å². The highest BCUT2D eigenvalue weighted by molar-refractivity contribution is 5.66. The van der Waals surface area contributed by atoms with Crippen LogP contribution in [0.1, 0.15) is 45.2 Å². The van der Waals surface area contributed by atoms with E-state index in [1.807, 2.05) is 61.8 Å². The van der Waals surface area contributed by atoms with E-state index in [0.717, 1.165) is 86.3 Å². The second-order valence-corrected chi connectivity index (χ2v) is 13.6. The maximum Gasteiger partial charge on any atom is 0.407 e. The molecule has 6 rings (SSSR count). The largest absolute Gasteiger partial charge is 0.465 e. The Hall–Kier alpha value is -4.33. The molecule has 0 radical (unpaired) electrons. The van der Waals surface area contributed by atoms with Crippen LogP contribution in [-0.4, -0.2) is 118 Å². The van der Waals surface area contributed by atoms with Gasteiger partial charge < -0.3 is 29.3 Å². The minimum atomic E-state index is -0.940. The van der Waals surface area contributed by atoms with E-state index in [1.54, 1.807) is 12.1 Å². The molecule has 2 aliphatic rings. The van der Waals surface area contributed by atoms with Crippen molar-refractivity contribution < 1.29 is 23.8 Å². The molecule has 2 aliphatic heterocycles. The molecule has 5 heterocycles. The van der Waals surface area contributed by atoms with Crippen molar-refractivity contribution in [1.82, 2.24) is 29.4 Å². The Morgan fingerprint density at radius 1 is 0.959 bits per heavy atom. The van der Waals surface area contributed by atoms with Gasteiger partial charge in [-0.25, -0.2) is 23.7 Å². The highest BCUT2D eigenvalue weighted by atomic mass is 19.1. The molecule has 1 amide bonds. The number of carbonyl (C=O) groups is 1. The molecule has 1 aromatic carbocycles. The Morgan fingerprint density at radius 2 is 1.73 bits per heavy atom. The Kier molecular flexibility index (Phi) is 10.9. The van der Waals surface area contributed by atoms with Crippen LogP contribution in [0.4, 0.5) is 20.8 Å². The normalized spacial score (nSPS) is 17.3. The second kappa shape index (κ2) is 15.5. The first-order valence-corrected chi connectivity index (χ1v) is 17.1. The maximum absolute atomic E-state index is 14.0. The number of hydrogen-bond donors (Lipinski definition) is 1. The molecule has 2 fully saturated rings. The summed E-state index contributed by atoms with van der Waals surface area (Å²) in [6.45, 7) is 13.0. The molecule has 13 heteroatoms. The van der Waals surface area contributed by atoms with Gasteiger partial charge in [0.25, 0.3) is 0 Å². The fraction of sp³-hybridized carbons (Fsp3) is 0.500. The predicted octanol–water partition coefficient (Wildman–Crippen LogP) is 5.21. The van der Waals surface area contributed by atoms with E-state index in [2.05, 4.69) is 25.8 Å². The minimum absolute atomic E-state index is 0.0791. The fourth-order valence-electron chi connectivity index (χ4n) is 6.62. The molecule has 2 saturated heterocycles. The van der Waals surface area contributed by atoms with Crippen LogP contribution < -0.4 is 9.80 Å². The number of amides is 1. The van der Waals surface area contributed by atoms with Gasteiger partial charge in [0.05, 0.1) is 44.4 Å². The van der Waals surface area contributed by atoms with Crippen LogP contribution in [0.25, 0.3) is 17.0 Å². The number of halogens is 1. The van der Waals surface area contributed by atoms with E-state index in [9.17, 15) is 14.3 Å². The van der Waals surface area contributed by atoms with Crippen molar-refractivity contribution in [3.63, 3.8) is 0 Å². The third-order valence-electron chi connectivity index (χ3n) is 9.25. The molecule has 0 bridgehead atoms. The summed E-state index contributed by atoms with van der Waals surface area (Å²) < 4.78 is 27.3. The number of anilines is 2. The Balaban J connectivity index is 0.990. The topological polar surface area (TPSA) is 112 Å². The highest BCUT2D eigenvalue weighted by Gasteiger charge is 2.28. The van der Waals surface area contributed by atoms with Gasteiger partial charge in [0, 0.05) is 51.4 Å². The van der Waals surface area contributed by atoms with E-state index in [4.69, 9.17) is 19.6 Å². The number of piperazine rings is 1. The SMILES string of the molecule is CC(C)(C)N(CCOCCOCCN1CCN(c2cccc(-c3cnc4ccc(N5CCC[C@H]5c5cccc(F)c5)nn34)n2)CC1)C(=O)O. The van der Waals surface area contributed by atoms with Crippen LogP contribution in [0.15, 0.2) is 60.8 Å². The summed E-state index contributed by atoms with van der Waals surface area (Å²) in [7, 11) is 0. The van der Waals surface area contributed by atoms with E-state index in [-0.39, 0.29) is 11.9 Å². The van der Waals surface area contributed by atoms with Gasteiger partial charge in [0.1, 0.15) is 23.1 Å². The molecule has 1 N–H and O–H groups in total. The van der Waals surface area contributed by atoms with Crippen molar-refractivity contribution in [3.8, 4) is 11.4 Å². The third-order valence-corrected chi connectivity index (χ3v) is 9.25. The molecular weight excluding hydrogens is 627 g/mol. The standard InChI is InChI=1S/C36H47FN8O4/c1-36(2,3)44(35(46)47)20-22-49-24-23-48-21-19-41-15-17-42(18-16-41)33-11-5-9-29(39-33)31-26-38-32-12-13-34(40-45(31)32)43-14-6-10-30(43)27-7-4-8-28(37)25-27/h4-5,7-9,11-13,25-26,30H,6,10,14-24H2,1-3H3,(H,46,47)/t30-/m0/s1. The van der Waals surface area contributed by atoms with E-state index >= 15 is 0 Å². The number of nitrogens with zero attached hydrogens (tertiary/aromatic N) is 8. The summed E-state index contributed by atoms with van der Waals surface area (Å²) in [5, 5.41) is 14.4. The Bertz CT molecular complexity index is 1700. The van der Waals surface area contributed by atoms with Crippen LogP contribution in [0.3, 0.4) is 0 Å². The quantitative estimate of drug-likeness (QED) is 0.190. The summed E-state index contributed by atoms with van der Waals surface area (Å²) in [5.74, 6) is 1.55. The molecule has 0 unspecified atom stereocenters. The first-order chi connectivity index (χ1) is 23.7. The van der Waals surface area contributed by atoms with Gasteiger partial charge >= 0.3 is 6.09 Å². The molecule has 0 spiro atoms. The summed E-state index contributed by atoms with van der Waals surface area (Å²) in [6, 6.07) is 17.0. The molecule has 49 heavy (non-hydrogen) atoms. The van der Waals surface area contributed by atoms with Crippen molar-refractivity contribution in [2.24, 2.45) is 0 Å². The van der Waals surface area contributed by atoms with Gasteiger partial charge in [-0.15, -0.1) is 5.10 Å². The van der Waals surface area contributed by atoms with Crippen molar-refractivity contribution >= 4 is 23.4 Å². The molecule has 1 atom stereocenters. The monoisotopic (exact) mass is 674 g/mol. The zero-order valence-electron chi connectivity index (χ0n) is 28.7. The number of carboxylic acid groups (broad SMARTS) is 1. The maximum atomic E-state index is 14.0. The lowest BCUT2D eigenvalue weighted by Gasteiger charge is -2.35. The van der Waals surface area contributed by atoms with Crippen molar-refractivity contribution in [1.29, 1.82) is 0 Å². The number of fused-ring (bicyclic) bond motifs is 1. The number of benzene rings is 1. The summed E-state index contributed by atoms with van der Waals surface area (Å²) in [6.07, 6.45) is 2.86. The van der Waals surface area contributed by atoms with Crippen LogP contribution in [0.5, 0.6) is 0 Å². The Morgan fingerprint density at radius 3 is 2.49 bits per heavy atom. The summed E-state index contributed by atoms with van der Waals surface area (Å²) >= 11 is 0. The van der Waals surface area contributed by atoms with Gasteiger partial charge in [0.15, 0.2) is 5.65 Å². The smallest absolute Gasteiger partial charge is 0.407 e. The van der Waals surface area contributed by atoms with Gasteiger partial charge in [-0.1, -0.05) is 18.2 Å². The molecule has 4 aromatic rings. The lowest BCUT2D eigenvalue weighted by molar-refractivity contribution is 0.0221. The van der Waals surface area contributed by atoms with Crippen LogP contribution in [0, 0.1) is 5.82 Å². The van der Waals surface area contributed by atoms with Crippen molar-refractivity contribution in [3.05, 3.63) is 72.2 Å². The molecule has 3 aromatic heterocycles. The minimum Gasteiger partial charge on any atom is -0.465 e. The van der Waals surface area contributed by atoms with Crippen molar-refractivity contribution in [2.45, 2.75) is 45.2 Å². The lowest BCUT2D eigenvalue weighted by Crippen LogP contribution is -2.47. The van der Waals surface area contributed by atoms with Crippen LogP contribution in [0.2, 0.25) is 0 Å². The fourth-order valence-corrected chi connectivity index (χ4v) is 6.62. The number of pyridine rings is 1. The number of rotatable bonds is 13. The van der Waals surface area contributed by atoms with Gasteiger partial charge in [0.2, 0.25) is 0 Å². The summed E-state index contributed by atoms with van der Waals surface area (Å²) in [5.41, 5.74) is 2.90. The number of hydrogen-bond acceptors (Lipinski definition) is 9. The van der Waals surface area contributed by atoms with Gasteiger partial charge in [-0.05, 0) is 75.6 Å². The molecule has 262 valence electrons. The second-order valence-electron chi connectivity index (χ2n) is 13.6. The molecule has 0 saturated carbocycles. The Labute approximate surface area is 287 Å². The van der Waals surface area contributed by atoms with E-state index in [0.29, 0.717) is 33.0 Å².